The summed E-state index contributed by atoms with van der Waals surface area (Å²) < 4.78 is 33.5. The topological polar surface area (TPSA) is 117 Å². The van der Waals surface area contributed by atoms with Crippen LogP contribution in [0.4, 0.5) is 0 Å². The van der Waals surface area contributed by atoms with E-state index < -0.39 is 13.9 Å². The van der Waals surface area contributed by atoms with Crippen LogP contribution >= 0.6 is 7.82 Å². The van der Waals surface area contributed by atoms with Gasteiger partial charge in [-0.1, -0.05) is 198 Å². The lowest BCUT2D eigenvalue weighted by Crippen LogP contribution is -2.28. The summed E-state index contributed by atoms with van der Waals surface area (Å²) in [4.78, 5) is 22.6. The van der Waals surface area contributed by atoms with Gasteiger partial charge in [-0.3, -0.25) is 13.8 Å². The third-order valence-corrected chi connectivity index (χ3v) is 10.9. The molecule has 0 amide bonds. The third-order valence-electron chi connectivity index (χ3n) is 9.94. The summed E-state index contributed by atoms with van der Waals surface area (Å²) >= 11 is 0. The largest absolute Gasteiger partial charge is 0.472 e. The van der Waals surface area contributed by atoms with Crippen molar-refractivity contribution in [3.05, 3.63) is 158 Å². The average Bonchev–Trinajstić information content (AvgIpc) is 3.33. The first-order valence-electron chi connectivity index (χ1n) is 26.0. The Morgan fingerprint density at radius 2 is 0.779 bits per heavy atom. The van der Waals surface area contributed by atoms with Crippen molar-refractivity contribution in [2.75, 3.05) is 33.0 Å². The maximum atomic E-state index is 12.7. The highest BCUT2D eigenvalue weighted by molar-refractivity contribution is 7.47. The average molecular weight is 960 g/mol. The van der Waals surface area contributed by atoms with Crippen LogP contribution in [-0.2, 0) is 27.9 Å². The summed E-state index contributed by atoms with van der Waals surface area (Å²) in [6.07, 6.45) is 79.9. The Morgan fingerprint density at radius 3 is 1.16 bits per heavy atom. The summed E-state index contributed by atoms with van der Waals surface area (Å²) in [7, 11) is -4.32. The van der Waals surface area contributed by atoms with Crippen molar-refractivity contribution in [3.8, 4) is 0 Å². The lowest BCUT2D eigenvalue weighted by Gasteiger charge is -2.20. The van der Waals surface area contributed by atoms with Gasteiger partial charge in [-0.2, -0.15) is 0 Å². The Labute approximate surface area is 415 Å². The van der Waals surface area contributed by atoms with Gasteiger partial charge in [-0.25, -0.2) is 4.57 Å². The molecular weight excluding hydrogens is 866 g/mol. The van der Waals surface area contributed by atoms with Crippen molar-refractivity contribution >= 4 is 13.8 Å². The van der Waals surface area contributed by atoms with E-state index in [0.29, 0.717) is 6.61 Å². The van der Waals surface area contributed by atoms with Gasteiger partial charge >= 0.3 is 13.8 Å². The van der Waals surface area contributed by atoms with Crippen LogP contribution in [-0.4, -0.2) is 49.9 Å². The lowest BCUT2D eigenvalue weighted by molar-refractivity contribution is -0.154. The molecule has 0 aliphatic carbocycles. The van der Waals surface area contributed by atoms with E-state index in [-0.39, 0.29) is 38.8 Å². The van der Waals surface area contributed by atoms with Crippen molar-refractivity contribution in [1.29, 1.82) is 0 Å². The summed E-state index contributed by atoms with van der Waals surface area (Å²) in [6, 6.07) is 0. The van der Waals surface area contributed by atoms with Crippen LogP contribution < -0.4 is 5.73 Å². The Morgan fingerprint density at radius 1 is 0.441 bits per heavy atom. The van der Waals surface area contributed by atoms with Crippen molar-refractivity contribution < 1.29 is 32.8 Å². The van der Waals surface area contributed by atoms with Gasteiger partial charge in [0.25, 0.3) is 0 Å². The van der Waals surface area contributed by atoms with Gasteiger partial charge in [0.05, 0.1) is 19.8 Å². The molecule has 0 aromatic heterocycles. The molecule has 0 saturated heterocycles. The number of phosphoric acid groups is 1. The molecule has 2 atom stereocenters. The number of rotatable bonds is 47. The second-order valence-electron chi connectivity index (χ2n) is 16.3. The minimum absolute atomic E-state index is 0.0674. The van der Waals surface area contributed by atoms with Crippen LogP contribution in [0.25, 0.3) is 0 Å². The predicted octanol–water partition coefficient (Wildman–Crippen LogP) is 16.6. The van der Waals surface area contributed by atoms with E-state index in [1.165, 1.54) is 6.42 Å². The molecule has 0 spiro atoms. The van der Waals surface area contributed by atoms with E-state index in [0.717, 1.165) is 141 Å². The Bertz CT molecular complexity index is 1590. The molecule has 382 valence electrons. The van der Waals surface area contributed by atoms with Crippen molar-refractivity contribution in [2.45, 2.75) is 174 Å². The van der Waals surface area contributed by atoms with Crippen LogP contribution in [0, 0.1) is 0 Å². The number of allylic oxidation sites excluding steroid dienone is 26. The van der Waals surface area contributed by atoms with E-state index in [1.54, 1.807) is 0 Å². The monoisotopic (exact) mass is 960 g/mol. The molecular formula is C59H94NO7P. The fourth-order valence-electron chi connectivity index (χ4n) is 6.21. The summed E-state index contributed by atoms with van der Waals surface area (Å²) in [5.41, 5.74) is 5.39. The fourth-order valence-corrected chi connectivity index (χ4v) is 6.98. The molecule has 0 fully saturated rings. The van der Waals surface area contributed by atoms with Crippen LogP contribution in [0.5, 0.6) is 0 Å². The molecule has 0 radical (unpaired) electrons. The molecule has 0 aliphatic heterocycles. The molecule has 0 saturated carbocycles. The first-order valence-corrected chi connectivity index (χ1v) is 27.5. The van der Waals surface area contributed by atoms with Crippen LogP contribution in [0.15, 0.2) is 158 Å². The highest BCUT2D eigenvalue weighted by atomic mass is 31.2. The maximum Gasteiger partial charge on any atom is 0.472 e. The number of carbonyl (C=O) groups excluding carboxylic acids is 1. The second-order valence-corrected chi connectivity index (χ2v) is 17.7. The number of carbonyl (C=O) groups is 1. The number of esters is 1. The molecule has 0 rings (SSSR count). The number of nitrogens with two attached hydrogens (primary N) is 1. The number of hydrogen-bond donors (Lipinski definition) is 2. The predicted molar refractivity (Wildman–Crippen MR) is 292 cm³/mol. The van der Waals surface area contributed by atoms with E-state index in [1.807, 2.05) is 0 Å². The zero-order valence-electron chi connectivity index (χ0n) is 42.5. The number of unbranched alkanes of at least 4 members (excludes halogenated alkanes) is 8. The highest BCUT2D eigenvalue weighted by Crippen LogP contribution is 2.43. The minimum Gasteiger partial charge on any atom is -0.457 e. The molecule has 68 heavy (non-hydrogen) atoms. The molecule has 0 heterocycles. The number of hydrogen-bond acceptors (Lipinski definition) is 7. The first kappa shape index (κ1) is 64.1. The van der Waals surface area contributed by atoms with Crippen molar-refractivity contribution in [3.63, 3.8) is 0 Å². The molecule has 9 heteroatoms. The molecule has 3 N–H and O–H groups in total. The van der Waals surface area contributed by atoms with E-state index in [4.69, 9.17) is 24.3 Å². The smallest absolute Gasteiger partial charge is 0.457 e. The normalized spacial score (nSPS) is 14.6. The van der Waals surface area contributed by atoms with Gasteiger partial charge < -0.3 is 20.1 Å². The van der Waals surface area contributed by atoms with E-state index in [9.17, 15) is 14.3 Å². The van der Waals surface area contributed by atoms with Crippen LogP contribution in [0.3, 0.4) is 0 Å². The SMILES string of the molecule is CC/C=C\C/C=C\C/C=C\C/C=C\C/C=C\C/C=C\C/C=C\CCCCOCC(COP(=O)(O)OCCN)OC(=O)CCCCCCCC/C=C\C/C=C\C/C=C\C/C=C\C/C=C\C/C=C\CC. The molecule has 2 unspecified atom stereocenters. The van der Waals surface area contributed by atoms with Gasteiger partial charge in [-0.05, 0) is 122 Å². The standard InChI is InChI=1S/C59H94NO7P/c1-3-5-7-9-11-13-15-17-19-21-23-25-27-29-30-32-34-36-38-40-42-44-46-48-50-52-59(61)67-58(57-66-68(62,63)65-55-53-60)56-64-54-51-49-47-45-43-41-39-37-35-33-31-28-26-24-22-20-18-16-14-12-10-8-6-4-2/h5-8,11-14,17-20,23-26,29-31,33-34,36-37,39,43,45,58H,3-4,9-10,15-16,21-22,27-28,32,35,38,40-42,44,46-57,60H2,1-2H3,(H,62,63)/b7-5-,8-6-,13-11-,14-12-,19-17-,20-18-,25-23-,26-24-,30-29-,33-31-,36-34-,39-37-,45-43-. The van der Waals surface area contributed by atoms with Crippen LogP contribution in [0.2, 0.25) is 0 Å². The Hall–Kier alpha value is -3.88. The number of ether oxygens (including phenoxy) is 2. The summed E-state index contributed by atoms with van der Waals surface area (Å²) in [5, 5.41) is 0. The fraction of sp³-hybridized carbons (Fsp3) is 0.542. The van der Waals surface area contributed by atoms with Gasteiger partial charge in [-0.15, -0.1) is 0 Å². The molecule has 0 aromatic rings. The molecule has 0 aromatic carbocycles. The number of phosphoric ester groups is 1. The quantitative estimate of drug-likeness (QED) is 0.0268. The molecule has 0 bridgehead atoms. The minimum atomic E-state index is -4.32. The van der Waals surface area contributed by atoms with Gasteiger partial charge in [0, 0.05) is 19.6 Å². The summed E-state index contributed by atoms with van der Waals surface area (Å²) in [6.45, 7) is 4.51. The van der Waals surface area contributed by atoms with Crippen LogP contribution in [0.1, 0.15) is 168 Å². The molecule has 0 aliphatic rings. The van der Waals surface area contributed by atoms with Gasteiger partial charge in [0.15, 0.2) is 0 Å². The highest BCUT2D eigenvalue weighted by Gasteiger charge is 2.25. The maximum absolute atomic E-state index is 12.7. The van der Waals surface area contributed by atoms with Gasteiger partial charge in [0.1, 0.15) is 6.10 Å². The summed E-state index contributed by atoms with van der Waals surface area (Å²) in [5.74, 6) is -0.368. The third kappa shape index (κ3) is 53.1. The lowest BCUT2D eigenvalue weighted by atomic mass is 10.1. The molecule has 8 nitrogen and oxygen atoms in total. The Kier molecular flexibility index (Phi) is 51.0. The van der Waals surface area contributed by atoms with E-state index in [2.05, 4.69) is 172 Å². The Balaban J connectivity index is 4.14. The first-order chi connectivity index (χ1) is 33.4. The van der Waals surface area contributed by atoms with Crippen molar-refractivity contribution in [1.82, 2.24) is 0 Å². The zero-order valence-corrected chi connectivity index (χ0v) is 43.4. The van der Waals surface area contributed by atoms with E-state index >= 15 is 0 Å². The van der Waals surface area contributed by atoms with Crippen molar-refractivity contribution in [2.24, 2.45) is 5.73 Å². The second kappa shape index (κ2) is 54.1. The van der Waals surface area contributed by atoms with Gasteiger partial charge in [0.2, 0.25) is 0 Å². The zero-order chi connectivity index (χ0) is 49.4.